The second-order valence-electron chi connectivity index (χ2n) is 10.7. The Hall–Kier alpha value is -3.25. The van der Waals surface area contributed by atoms with Crippen LogP contribution in [0.1, 0.15) is 55.9 Å². The van der Waals surface area contributed by atoms with Crippen LogP contribution in [-0.2, 0) is 27.2 Å². The molecule has 0 unspecified atom stereocenters. The smallest absolute Gasteiger partial charge is 0.298 e. The van der Waals surface area contributed by atoms with E-state index in [4.69, 9.17) is 0 Å². The average Bonchev–Trinajstić information content (AvgIpc) is 3.84. The van der Waals surface area contributed by atoms with Crippen LogP contribution in [-0.4, -0.2) is 51.0 Å². The zero-order valence-corrected chi connectivity index (χ0v) is 21.9. The number of hydrogen-bond donors (Lipinski definition) is 0. The third-order valence-electron chi connectivity index (χ3n) is 7.56. The van der Waals surface area contributed by atoms with Gasteiger partial charge in [0.15, 0.2) is 11.6 Å². The van der Waals surface area contributed by atoms with Gasteiger partial charge in [-0.3, -0.25) is 4.79 Å². The lowest BCUT2D eigenvalue weighted by Crippen LogP contribution is -2.43. The predicted octanol–water partition coefficient (Wildman–Crippen LogP) is 4.27. The summed E-state index contributed by atoms with van der Waals surface area (Å²) in [6.07, 6.45) is 5.67. The van der Waals surface area contributed by atoms with Crippen molar-refractivity contribution < 1.29 is 26.4 Å². The molecule has 1 aliphatic heterocycles. The van der Waals surface area contributed by atoms with Gasteiger partial charge in [0, 0.05) is 49.5 Å². The SMILES string of the molecule is CC(F)(F)c1ncc(-c2cc(CCC(=O)[C@@H]3[C@H]4C[C@H]4CN3S(=O)(=O)c3ccc(F)cc3)nc(C3CC3)n2)cn1. The Kier molecular flexibility index (Phi) is 6.29. The van der Waals surface area contributed by atoms with E-state index >= 15 is 0 Å². The van der Waals surface area contributed by atoms with Gasteiger partial charge in [0.25, 0.3) is 0 Å². The van der Waals surface area contributed by atoms with Crippen molar-refractivity contribution in [3.63, 3.8) is 0 Å². The van der Waals surface area contributed by atoms with Gasteiger partial charge in [-0.1, -0.05) is 0 Å². The summed E-state index contributed by atoms with van der Waals surface area (Å²) in [5.41, 5.74) is 1.57. The van der Waals surface area contributed by atoms with Crippen molar-refractivity contribution in [2.24, 2.45) is 11.8 Å². The fraction of sp³-hybridized carbons (Fsp3) is 0.444. The fourth-order valence-corrected chi connectivity index (χ4v) is 6.93. The van der Waals surface area contributed by atoms with Crippen LogP contribution in [0, 0.1) is 17.7 Å². The first-order valence-electron chi connectivity index (χ1n) is 12.9. The van der Waals surface area contributed by atoms with Crippen molar-refractivity contribution in [1.82, 2.24) is 24.2 Å². The molecule has 204 valence electrons. The van der Waals surface area contributed by atoms with Crippen molar-refractivity contribution in [2.75, 3.05) is 6.54 Å². The van der Waals surface area contributed by atoms with Gasteiger partial charge in [0.1, 0.15) is 11.6 Å². The Morgan fingerprint density at radius 1 is 1.10 bits per heavy atom. The highest BCUT2D eigenvalue weighted by Crippen LogP contribution is 2.51. The summed E-state index contributed by atoms with van der Waals surface area (Å²) >= 11 is 0. The van der Waals surface area contributed by atoms with Crippen LogP contribution in [0.3, 0.4) is 0 Å². The van der Waals surface area contributed by atoms with Gasteiger partial charge >= 0.3 is 5.92 Å². The van der Waals surface area contributed by atoms with Gasteiger partial charge in [-0.05, 0) is 67.9 Å². The molecule has 0 bridgehead atoms. The second-order valence-corrected chi connectivity index (χ2v) is 12.6. The summed E-state index contributed by atoms with van der Waals surface area (Å²) in [5.74, 6) is -3.48. The summed E-state index contributed by atoms with van der Waals surface area (Å²) in [7, 11) is -3.95. The average molecular weight is 558 g/mol. The molecule has 2 saturated carbocycles. The number of nitrogens with zero attached hydrogens (tertiary/aromatic N) is 5. The van der Waals surface area contributed by atoms with E-state index in [1.54, 1.807) is 6.07 Å². The van der Waals surface area contributed by atoms with Crippen LogP contribution < -0.4 is 0 Å². The number of ketones is 1. The van der Waals surface area contributed by atoms with E-state index < -0.39 is 33.6 Å². The molecule has 0 N–H and O–H groups in total. The highest BCUT2D eigenvalue weighted by atomic mass is 32.2. The maximum absolute atomic E-state index is 13.5. The molecular weight excluding hydrogens is 531 g/mol. The molecule has 1 aromatic carbocycles. The number of piperidine rings is 1. The fourth-order valence-electron chi connectivity index (χ4n) is 5.22. The van der Waals surface area contributed by atoms with Crippen LogP contribution in [0.15, 0.2) is 47.6 Å². The number of carbonyl (C=O) groups is 1. The molecule has 3 aromatic rings. The molecule has 0 radical (unpaired) electrons. The Morgan fingerprint density at radius 2 is 1.79 bits per heavy atom. The number of alkyl halides is 2. The van der Waals surface area contributed by atoms with E-state index in [1.165, 1.54) is 28.8 Å². The van der Waals surface area contributed by atoms with E-state index in [0.717, 1.165) is 38.3 Å². The number of hydrogen-bond acceptors (Lipinski definition) is 7. The van der Waals surface area contributed by atoms with Crippen LogP contribution >= 0.6 is 0 Å². The van der Waals surface area contributed by atoms with Gasteiger partial charge < -0.3 is 0 Å². The number of fused-ring (bicyclic) bond motifs is 1. The highest BCUT2D eigenvalue weighted by molar-refractivity contribution is 7.89. The number of aryl methyl sites for hydroxylation is 1. The first-order chi connectivity index (χ1) is 18.5. The Labute approximate surface area is 223 Å². The number of halogens is 3. The molecule has 0 amide bonds. The van der Waals surface area contributed by atoms with Crippen molar-refractivity contribution in [1.29, 1.82) is 0 Å². The van der Waals surface area contributed by atoms with Crippen LogP contribution in [0.2, 0.25) is 0 Å². The third-order valence-corrected chi connectivity index (χ3v) is 9.43. The van der Waals surface area contributed by atoms with Crippen LogP contribution in [0.5, 0.6) is 0 Å². The molecule has 0 spiro atoms. The highest BCUT2D eigenvalue weighted by Gasteiger charge is 2.58. The molecule has 2 aromatic heterocycles. The molecule has 1 saturated heterocycles. The summed E-state index contributed by atoms with van der Waals surface area (Å²) in [4.78, 5) is 30.2. The molecule has 8 nitrogen and oxygen atoms in total. The first-order valence-corrected chi connectivity index (χ1v) is 14.3. The molecule has 39 heavy (non-hydrogen) atoms. The number of sulfonamides is 1. The second kappa shape index (κ2) is 9.44. The van der Waals surface area contributed by atoms with Crippen LogP contribution in [0.4, 0.5) is 13.2 Å². The lowest BCUT2D eigenvalue weighted by atomic mass is 10.0. The van der Waals surface area contributed by atoms with E-state index in [1.807, 2.05) is 0 Å². The normalized spacial score (nSPS) is 23.0. The number of aromatic nitrogens is 4. The van der Waals surface area contributed by atoms with Crippen molar-refractivity contribution >= 4 is 15.8 Å². The maximum Gasteiger partial charge on any atom is 0.303 e. The van der Waals surface area contributed by atoms with Gasteiger partial charge in [0.05, 0.1) is 16.6 Å². The lowest BCUT2D eigenvalue weighted by molar-refractivity contribution is -0.122. The molecule has 3 heterocycles. The first kappa shape index (κ1) is 26.0. The number of carbonyl (C=O) groups excluding carboxylic acids is 1. The standard InChI is InChI=1S/C27H26F3N5O3S/c1-27(29,30)26-31-12-17(13-32-26)22-11-19(33-25(34-22)15-2-3-15)6-9-23(36)24-21-10-16(21)14-35(24)39(37,38)20-7-4-18(28)5-8-20/h4-5,7-8,11-13,15-16,21,24H,2-3,6,9-10,14H2,1H3/t16-,21-,24-/m0/s1. The minimum Gasteiger partial charge on any atom is -0.298 e. The summed E-state index contributed by atoms with van der Waals surface area (Å²) in [6, 6.07) is 5.56. The predicted molar refractivity (Wildman–Crippen MR) is 134 cm³/mol. The van der Waals surface area contributed by atoms with Gasteiger partial charge in [0.2, 0.25) is 10.0 Å². The Morgan fingerprint density at radius 3 is 2.44 bits per heavy atom. The zero-order chi connectivity index (χ0) is 27.5. The quantitative estimate of drug-likeness (QED) is 0.387. The molecule has 6 rings (SSSR count). The minimum atomic E-state index is -3.95. The summed E-state index contributed by atoms with van der Waals surface area (Å²) in [5, 5.41) is 0. The third kappa shape index (κ3) is 5.19. The van der Waals surface area contributed by atoms with Gasteiger partial charge in [-0.2, -0.15) is 13.1 Å². The molecule has 2 aliphatic carbocycles. The molecule has 3 fully saturated rings. The molecular formula is C27H26F3N5O3S. The van der Waals surface area contributed by atoms with E-state index in [0.29, 0.717) is 22.8 Å². The van der Waals surface area contributed by atoms with E-state index in [9.17, 15) is 26.4 Å². The summed E-state index contributed by atoms with van der Waals surface area (Å²) in [6.45, 7) is 1.00. The van der Waals surface area contributed by atoms with Crippen molar-refractivity contribution in [3.8, 4) is 11.3 Å². The van der Waals surface area contributed by atoms with E-state index in [-0.39, 0.29) is 47.8 Å². The number of Topliss-reactive ketones (excluding diaryl/α,β-unsaturated/α-hetero) is 1. The monoisotopic (exact) mass is 557 g/mol. The Balaban J connectivity index is 1.21. The molecule has 3 aliphatic rings. The van der Waals surface area contributed by atoms with Crippen molar-refractivity contribution in [2.45, 2.75) is 61.8 Å². The molecule has 12 heteroatoms. The number of benzene rings is 1. The van der Waals surface area contributed by atoms with E-state index in [2.05, 4.69) is 19.9 Å². The van der Waals surface area contributed by atoms with Gasteiger partial charge in [-0.25, -0.2) is 32.7 Å². The number of rotatable bonds is 9. The largest absolute Gasteiger partial charge is 0.303 e. The topological polar surface area (TPSA) is 106 Å². The summed E-state index contributed by atoms with van der Waals surface area (Å²) < 4.78 is 68.3. The minimum absolute atomic E-state index is 0.0111. The zero-order valence-electron chi connectivity index (χ0n) is 21.1. The Bertz CT molecular complexity index is 1520. The van der Waals surface area contributed by atoms with Crippen LogP contribution in [0.25, 0.3) is 11.3 Å². The lowest BCUT2D eigenvalue weighted by Gasteiger charge is -2.26. The maximum atomic E-state index is 13.5. The van der Waals surface area contributed by atoms with Gasteiger partial charge in [-0.15, -0.1) is 0 Å². The molecule has 3 atom stereocenters. The van der Waals surface area contributed by atoms with Crippen molar-refractivity contribution in [3.05, 3.63) is 65.9 Å².